The molecular formula is C19H28ClN3O3. The predicted octanol–water partition coefficient (Wildman–Crippen LogP) is 1.03. The van der Waals surface area contributed by atoms with Crippen LogP contribution in [-0.2, 0) is 4.79 Å². The number of hydrogen-bond acceptors (Lipinski definition) is 5. The summed E-state index contributed by atoms with van der Waals surface area (Å²) < 4.78 is 5.58. The SMILES string of the molecule is CN1CCN(CC2CN(C(=O)COc3ccccc3Cl)CC2CO)CC1. The van der Waals surface area contributed by atoms with E-state index in [1.807, 2.05) is 17.0 Å². The number of amides is 1. The van der Waals surface area contributed by atoms with E-state index < -0.39 is 0 Å². The van der Waals surface area contributed by atoms with Crippen molar-refractivity contribution < 1.29 is 14.6 Å². The number of aliphatic hydroxyl groups excluding tert-OH is 1. The van der Waals surface area contributed by atoms with Crippen LogP contribution in [-0.4, -0.2) is 91.8 Å². The summed E-state index contributed by atoms with van der Waals surface area (Å²) in [5, 5.41) is 10.2. The molecule has 26 heavy (non-hydrogen) atoms. The number of likely N-dealkylation sites (N-methyl/N-ethyl adjacent to an activating group) is 1. The van der Waals surface area contributed by atoms with Gasteiger partial charge in [-0.15, -0.1) is 0 Å². The number of ether oxygens (including phenoxy) is 1. The van der Waals surface area contributed by atoms with E-state index in [-0.39, 0.29) is 25.0 Å². The van der Waals surface area contributed by atoms with Crippen molar-refractivity contribution in [1.29, 1.82) is 0 Å². The van der Waals surface area contributed by atoms with Crippen molar-refractivity contribution in [1.82, 2.24) is 14.7 Å². The minimum absolute atomic E-state index is 0.0247. The van der Waals surface area contributed by atoms with E-state index >= 15 is 0 Å². The normalized spacial score (nSPS) is 24.8. The molecule has 1 aromatic rings. The number of para-hydroxylation sites is 1. The van der Waals surface area contributed by atoms with Crippen LogP contribution in [0.15, 0.2) is 24.3 Å². The molecule has 2 aliphatic heterocycles. The standard InChI is InChI=1S/C19H28ClN3O3/c1-21-6-8-22(9-7-21)10-15-11-23(12-16(15)13-24)19(25)14-26-18-5-3-2-4-17(18)20/h2-5,15-16,24H,6-14H2,1H3. The van der Waals surface area contributed by atoms with Crippen molar-refractivity contribution in [3.63, 3.8) is 0 Å². The smallest absolute Gasteiger partial charge is 0.260 e. The van der Waals surface area contributed by atoms with Crippen LogP contribution >= 0.6 is 11.6 Å². The van der Waals surface area contributed by atoms with Crippen molar-refractivity contribution in [3.05, 3.63) is 29.3 Å². The highest BCUT2D eigenvalue weighted by molar-refractivity contribution is 6.32. The number of nitrogens with zero attached hydrogens (tertiary/aromatic N) is 3. The van der Waals surface area contributed by atoms with E-state index in [1.165, 1.54) is 0 Å². The van der Waals surface area contributed by atoms with Gasteiger partial charge in [0.2, 0.25) is 0 Å². The highest BCUT2D eigenvalue weighted by atomic mass is 35.5. The molecule has 144 valence electrons. The fourth-order valence-electron chi connectivity index (χ4n) is 3.71. The average molecular weight is 382 g/mol. The van der Waals surface area contributed by atoms with Gasteiger partial charge in [-0.3, -0.25) is 4.79 Å². The number of benzene rings is 1. The van der Waals surface area contributed by atoms with Gasteiger partial charge >= 0.3 is 0 Å². The molecule has 1 aromatic carbocycles. The van der Waals surface area contributed by atoms with Crippen LogP contribution in [0.5, 0.6) is 5.75 Å². The molecule has 2 heterocycles. The van der Waals surface area contributed by atoms with E-state index in [2.05, 4.69) is 16.8 Å². The van der Waals surface area contributed by atoms with Gasteiger partial charge in [0.25, 0.3) is 5.91 Å². The number of carbonyl (C=O) groups is 1. The lowest BCUT2D eigenvalue weighted by atomic mass is 9.96. The molecule has 3 rings (SSSR count). The van der Waals surface area contributed by atoms with Crippen molar-refractivity contribution in [2.24, 2.45) is 11.8 Å². The van der Waals surface area contributed by atoms with Crippen LogP contribution in [0.25, 0.3) is 0 Å². The molecule has 0 saturated carbocycles. The summed E-state index contributed by atoms with van der Waals surface area (Å²) >= 11 is 6.06. The zero-order valence-electron chi connectivity index (χ0n) is 15.3. The van der Waals surface area contributed by atoms with E-state index in [9.17, 15) is 9.90 Å². The van der Waals surface area contributed by atoms with Gasteiger partial charge in [0.05, 0.1) is 5.02 Å². The Bertz CT molecular complexity index is 607. The molecule has 6 nitrogen and oxygen atoms in total. The second-order valence-corrected chi connectivity index (χ2v) is 7.73. The lowest BCUT2D eigenvalue weighted by Gasteiger charge is -2.34. The predicted molar refractivity (Wildman–Crippen MR) is 102 cm³/mol. The first-order chi connectivity index (χ1) is 12.6. The van der Waals surface area contributed by atoms with Gasteiger partial charge in [-0.05, 0) is 25.1 Å². The van der Waals surface area contributed by atoms with Gasteiger partial charge in [0.1, 0.15) is 5.75 Å². The summed E-state index contributed by atoms with van der Waals surface area (Å²) in [6.07, 6.45) is 0. The van der Waals surface area contributed by atoms with E-state index in [0.29, 0.717) is 29.8 Å². The van der Waals surface area contributed by atoms with Gasteiger partial charge in [-0.2, -0.15) is 0 Å². The second kappa shape index (κ2) is 9.04. The molecule has 0 aliphatic carbocycles. The molecule has 7 heteroatoms. The number of hydrogen-bond donors (Lipinski definition) is 1. The number of rotatable bonds is 6. The molecule has 2 saturated heterocycles. The fraction of sp³-hybridized carbons (Fsp3) is 0.632. The lowest BCUT2D eigenvalue weighted by Crippen LogP contribution is -2.47. The highest BCUT2D eigenvalue weighted by Crippen LogP contribution is 2.26. The molecule has 2 fully saturated rings. The second-order valence-electron chi connectivity index (χ2n) is 7.32. The van der Waals surface area contributed by atoms with E-state index in [4.69, 9.17) is 16.3 Å². The summed E-state index contributed by atoms with van der Waals surface area (Å²) in [6.45, 7) is 6.56. The summed E-state index contributed by atoms with van der Waals surface area (Å²) in [6, 6.07) is 7.15. The zero-order chi connectivity index (χ0) is 18.5. The molecule has 0 bridgehead atoms. The van der Waals surface area contributed by atoms with Crippen LogP contribution in [0.4, 0.5) is 0 Å². The summed E-state index contributed by atoms with van der Waals surface area (Å²) in [5.41, 5.74) is 0. The van der Waals surface area contributed by atoms with Crippen LogP contribution in [0.3, 0.4) is 0 Å². The van der Waals surface area contributed by atoms with Crippen molar-refractivity contribution in [2.45, 2.75) is 0 Å². The average Bonchev–Trinajstić information content (AvgIpc) is 3.05. The quantitative estimate of drug-likeness (QED) is 0.797. The Morgan fingerprint density at radius 1 is 1.19 bits per heavy atom. The molecule has 2 atom stereocenters. The topological polar surface area (TPSA) is 56.2 Å². The van der Waals surface area contributed by atoms with Crippen LogP contribution in [0, 0.1) is 11.8 Å². The maximum absolute atomic E-state index is 12.5. The summed E-state index contributed by atoms with van der Waals surface area (Å²) in [5.74, 6) is 0.922. The van der Waals surface area contributed by atoms with E-state index in [1.54, 1.807) is 12.1 Å². The third-order valence-corrected chi connectivity index (χ3v) is 5.75. The van der Waals surface area contributed by atoms with Gasteiger partial charge in [-0.25, -0.2) is 0 Å². The number of halogens is 1. The molecule has 0 spiro atoms. The minimum atomic E-state index is -0.0516. The Balaban J connectivity index is 1.51. The highest BCUT2D eigenvalue weighted by Gasteiger charge is 2.36. The van der Waals surface area contributed by atoms with Crippen molar-refractivity contribution in [3.8, 4) is 5.75 Å². The Kier molecular flexibility index (Phi) is 6.75. The largest absolute Gasteiger partial charge is 0.482 e. The number of carbonyl (C=O) groups excluding carboxylic acids is 1. The first-order valence-electron chi connectivity index (χ1n) is 9.23. The fourth-order valence-corrected chi connectivity index (χ4v) is 3.90. The van der Waals surface area contributed by atoms with Gasteiger partial charge in [-0.1, -0.05) is 23.7 Å². The Morgan fingerprint density at radius 2 is 1.88 bits per heavy atom. The molecule has 1 N–H and O–H groups in total. The van der Waals surface area contributed by atoms with E-state index in [0.717, 1.165) is 32.7 Å². The van der Waals surface area contributed by atoms with Crippen LogP contribution in [0.1, 0.15) is 0 Å². The first-order valence-corrected chi connectivity index (χ1v) is 9.61. The summed E-state index contributed by atoms with van der Waals surface area (Å²) in [4.78, 5) is 19.1. The third kappa shape index (κ3) is 4.88. The van der Waals surface area contributed by atoms with Crippen LogP contribution < -0.4 is 4.74 Å². The summed E-state index contributed by atoms with van der Waals surface area (Å²) in [7, 11) is 2.14. The Hall–Kier alpha value is -1.34. The lowest BCUT2D eigenvalue weighted by molar-refractivity contribution is -0.132. The molecule has 0 aromatic heterocycles. The van der Waals surface area contributed by atoms with Crippen LogP contribution in [0.2, 0.25) is 5.02 Å². The molecule has 2 unspecified atom stereocenters. The minimum Gasteiger partial charge on any atom is -0.482 e. The van der Waals surface area contributed by atoms with Crippen molar-refractivity contribution >= 4 is 17.5 Å². The number of aliphatic hydroxyl groups is 1. The molecule has 2 aliphatic rings. The zero-order valence-corrected chi connectivity index (χ0v) is 16.1. The first kappa shape index (κ1) is 19.4. The number of piperazine rings is 1. The third-order valence-electron chi connectivity index (χ3n) is 5.44. The van der Waals surface area contributed by atoms with Gasteiger partial charge in [0, 0.05) is 58.3 Å². The monoisotopic (exact) mass is 381 g/mol. The number of likely N-dealkylation sites (tertiary alicyclic amines) is 1. The maximum Gasteiger partial charge on any atom is 0.260 e. The van der Waals surface area contributed by atoms with Gasteiger partial charge < -0.3 is 24.5 Å². The Labute approximate surface area is 160 Å². The Morgan fingerprint density at radius 3 is 2.58 bits per heavy atom. The van der Waals surface area contributed by atoms with Crippen molar-refractivity contribution in [2.75, 3.05) is 66.1 Å². The maximum atomic E-state index is 12.5. The molecule has 0 radical (unpaired) electrons. The molecular weight excluding hydrogens is 354 g/mol. The molecule has 1 amide bonds. The van der Waals surface area contributed by atoms with Gasteiger partial charge in [0.15, 0.2) is 6.61 Å².